The third kappa shape index (κ3) is 2.73. The SMILES string of the molecule is COc1ccc(OC)c(Nc2c(-c3ccc(C)o3)nc3cnccn23)c1. The van der Waals surface area contributed by atoms with Crippen molar-refractivity contribution in [3.63, 3.8) is 0 Å². The van der Waals surface area contributed by atoms with Crippen molar-refractivity contribution >= 4 is 17.2 Å². The molecule has 3 heterocycles. The molecule has 0 aliphatic heterocycles. The van der Waals surface area contributed by atoms with E-state index in [1.165, 1.54) is 0 Å². The smallest absolute Gasteiger partial charge is 0.157 e. The largest absolute Gasteiger partial charge is 0.497 e. The summed E-state index contributed by atoms with van der Waals surface area (Å²) in [5.74, 6) is 3.66. The number of anilines is 2. The zero-order valence-corrected chi connectivity index (χ0v) is 14.7. The van der Waals surface area contributed by atoms with Gasteiger partial charge in [0.15, 0.2) is 11.4 Å². The Morgan fingerprint density at radius 1 is 1.12 bits per heavy atom. The minimum atomic E-state index is 0.676. The summed E-state index contributed by atoms with van der Waals surface area (Å²) in [5, 5.41) is 3.41. The summed E-state index contributed by atoms with van der Waals surface area (Å²) in [5.41, 5.74) is 2.16. The van der Waals surface area contributed by atoms with Crippen molar-refractivity contribution in [1.29, 1.82) is 0 Å². The fourth-order valence-electron chi connectivity index (χ4n) is 2.80. The Labute approximate surface area is 150 Å². The number of furan rings is 1. The number of fused-ring (bicyclic) bond motifs is 1. The van der Waals surface area contributed by atoms with Gasteiger partial charge in [0.2, 0.25) is 0 Å². The summed E-state index contributed by atoms with van der Waals surface area (Å²) in [6, 6.07) is 9.38. The maximum atomic E-state index is 5.79. The first-order valence-electron chi connectivity index (χ1n) is 8.07. The van der Waals surface area contributed by atoms with Crippen LogP contribution in [0.1, 0.15) is 5.76 Å². The molecule has 0 unspecified atom stereocenters. The van der Waals surface area contributed by atoms with Gasteiger partial charge in [0.05, 0.1) is 26.1 Å². The van der Waals surface area contributed by atoms with Gasteiger partial charge in [-0.05, 0) is 31.2 Å². The Morgan fingerprint density at radius 3 is 2.73 bits per heavy atom. The van der Waals surface area contributed by atoms with Gasteiger partial charge in [-0.3, -0.25) is 9.38 Å². The van der Waals surface area contributed by atoms with E-state index in [4.69, 9.17) is 13.9 Å². The normalized spacial score (nSPS) is 10.9. The lowest BCUT2D eigenvalue weighted by Gasteiger charge is -2.13. The van der Waals surface area contributed by atoms with Crippen LogP contribution in [0, 0.1) is 6.92 Å². The predicted octanol–water partition coefficient (Wildman–Crippen LogP) is 4.06. The molecule has 7 heteroatoms. The highest BCUT2D eigenvalue weighted by atomic mass is 16.5. The zero-order chi connectivity index (χ0) is 18.1. The minimum Gasteiger partial charge on any atom is -0.497 e. The van der Waals surface area contributed by atoms with E-state index in [2.05, 4.69) is 15.3 Å². The fraction of sp³-hybridized carbons (Fsp3) is 0.158. The average Bonchev–Trinajstić information content (AvgIpc) is 3.25. The van der Waals surface area contributed by atoms with Crippen LogP contribution in [0.25, 0.3) is 17.1 Å². The molecule has 0 bridgehead atoms. The van der Waals surface area contributed by atoms with E-state index in [1.807, 2.05) is 47.9 Å². The van der Waals surface area contributed by atoms with E-state index in [1.54, 1.807) is 26.6 Å². The number of hydrogen-bond donors (Lipinski definition) is 1. The van der Waals surface area contributed by atoms with Crippen molar-refractivity contribution in [2.24, 2.45) is 0 Å². The Balaban J connectivity index is 1.88. The maximum Gasteiger partial charge on any atom is 0.157 e. The highest BCUT2D eigenvalue weighted by Crippen LogP contribution is 2.36. The van der Waals surface area contributed by atoms with Crippen LogP contribution in [0.5, 0.6) is 11.5 Å². The predicted molar refractivity (Wildman–Crippen MR) is 98.3 cm³/mol. The molecule has 3 aromatic heterocycles. The van der Waals surface area contributed by atoms with Gasteiger partial charge in [0.1, 0.15) is 28.8 Å². The molecule has 0 spiro atoms. The number of ether oxygens (including phenoxy) is 2. The number of rotatable bonds is 5. The summed E-state index contributed by atoms with van der Waals surface area (Å²) in [6.45, 7) is 1.90. The molecule has 4 rings (SSSR count). The first-order chi connectivity index (χ1) is 12.7. The topological polar surface area (TPSA) is 73.8 Å². The highest BCUT2D eigenvalue weighted by molar-refractivity contribution is 5.79. The minimum absolute atomic E-state index is 0.676. The lowest BCUT2D eigenvalue weighted by atomic mass is 10.2. The molecule has 1 N–H and O–H groups in total. The molecule has 132 valence electrons. The zero-order valence-electron chi connectivity index (χ0n) is 14.7. The summed E-state index contributed by atoms with van der Waals surface area (Å²) < 4.78 is 18.5. The van der Waals surface area contributed by atoms with Crippen LogP contribution in [0.15, 0.2) is 53.3 Å². The summed E-state index contributed by atoms with van der Waals surface area (Å²) >= 11 is 0. The van der Waals surface area contributed by atoms with E-state index in [0.717, 1.165) is 23.0 Å². The van der Waals surface area contributed by atoms with Crippen molar-refractivity contribution in [2.45, 2.75) is 6.92 Å². The van der Waals surface area contributed by atoms with E-state index in [-0.39, 0.29) is 0 Å². The lowest BCUT2D eigenvalue weighted by Crippen LogP contribution is -2.00. The first-order valence-corrected chi connectivity index (χ1v) is 8.07. The quantitative estimate of drug-likeness (QED) is 0.585. The number of aromatic nitrogens is 3. The molecule has 4 aromatic rings. The van der Waals surface area contributed by atoms with E-state index >= 15 is 0 Å². The van der Waals surface area contributed by atoms with Gasteiger partial charge < -0.3 is 19.2 Å². The Bertz CT molecular complexity index is 1070. The molecule has 0 aliphatic carbocycles. The monoisotopic (exact) mass is 350 g/mol. The van der Waals surface area contributed by atoms with Crippen LogP contribution < -0.4 is 14.8 Å². The highest BCUT2D eigenvalue weighted by Gasteiger charge is 2.18. The lowest BCUT2D eigenvalue weighted by molar-refractivity contribution is 0.405. The van der Waals surface area contributed by atoms with Crippen molar-refractivity contribution in [3.8, 4) is 23.0 Å². The summed E-state index contributed by atoms with van der Waals surface area (Å²) in [4.78, 5) is 8.81. The third-order valence-electron chi connectivity index (χ3n) is 4.06. The number of methoxy groups -OCH3 is 2. The van der Waals surface area contributed by atoms with Crippen LogP contribution in [-0.4, -0.2) is 28.6 Å². The maximum absolute atomic E-state index is 5.79. The van der Waals surface area contributed by atoms with Gasteiger partial charge >= 0.3 is 0 Å². The van der Waals surface area contributed by atoms with E-state index in [9.17, 15) is 0 Å². The summed E-state index contributed by atoms with van der Waals surface area (Å²) in [6.07, 6.45) is 5.25. The molecule has 0 amide bonds. The van der Waals surface area contributed by atoms with Crippen LogP contribution >= 0.6 is 0 Å². The molecular weight excluding hydrogens is 332 g/mol. The van der Waals surface area contributed by atoms with Crippen molar-refractivity contribution in [3.05, 3.63) is 54.7 Å². The average molecular weight is 350 g/mol. The van der Waals surface area contributed by atoms with Crippen LogP contribution in [0.3, 0.4) is 0 Å². The Hall–Kier alpha value is -3.48. The van der Waals surface area contributed by atoms with Crippen molar-refractivity contribution < 1.29 is 13.9 Å². The van der Waals surface area contributed by atoms with Crippen LogP contribution in [-0.2, 0) is 0 Å². The Morgan fingerprint density at radius 2 is 2.00 bits per heavy atom. The second-order valence-corrected chi connectivity index (χ2v) is 5.72. The number of nitrogens with zero attached hydrogens (tertiary/aromatic N) is 3. The molecule has 0 fully saturated rings. The van der Waals surface area contributed by atoms with Gasteiger partial charge in [-0.25, -0.2) is 4.98 Å². The second-order valence-electron chi connectivity index (χ2n) is 5.72. The standard InChI is InChI=1S/C19H18N4O3/c1-12-4-6-16(26-12)18-19(23-9-8-20-11-17(23)22-18)21-14-10-13(24-2)5-7-15(14)25-3/h4-11,21H,1-3H3. The number of nitrogens with one attached hydrogen (secondary N) is 1. The van der Waals surface area contributed by atoms with E-state index in [0.29, 0.717) is 22.9 Å². The molecule has 26 heavy (non-hydrogen) atoms. The van der Waals surface area contributed by atoms with Crippen molar-refractivity contribution in [1.82, 2.24) is 14.4 Å². The number of benzene rings is 1. The van der Waals surface area contributed by atoms with E-state index < -0.39 is 0 Å². The molecule has 1 aromatic carbocycles. The molecule has 0 saturated carbocycles. The van der Waals surface area contributed by atoms with Crippen molar-refractivity contribution in [2.75, 3.05) is 19.5 Å². The summed E-state index contributed by atoms with van der Waals surface area (Å²) in [7, 11) is 3.25. The van der Waals surface area contributed by atoms with Gasteiger partial charge in [-0.15, -0.1) is 0 Å². The molecule has 0 saturated heterocycles. The molecular formula is C19H18N4O3. The van der Waals surface area contributed by atoms with Gasteiger partial charge in [-0.1, -0.05) is 0 Å². The molecule has 0 aliphatic rings. The first kappa shape index (κ1) is 16.0. The fourth-order valence-corrected chi connectivity index (χ4v) is 2.80. The van der Waals surface area contributed by atoms with Crippen LogP contribution in [0.4, 0.5) is 11.5 Å². The Kier molecular flexibility index (Phi) is 3.96. The van der Waals surface area contributed by atoms with Gasteiger partial charge in [0, 0.05) is 18.5 Å². The molecule has 0 atom stereocenters. The number of aryl methyl sites for hydroxylation is 1. The second kappa shape index (κ2) is 6.44. The molecule has 7 nitrogen and oxygen atoms in total. The van der Waals surface area contributed by atoms with Gasteiger partial charge in [-0.2, -0.15) is 0 Å². The van der Waals surface area contributed by atoms with Crippen LogP contribution in [0.2, 0.25) is 0 Å². The number of hydrogen-bond acceptors (Lipinski definition) is 6. The van der Waals surface area contributed by atoms with Gasteiger partial charge in [0.25, 0.3) is 0 Å². The number of imidazole rings is 1. The molecule has 0 radical (unpaired) electrons. The third-order valence-corrected chi connectivity index (χ3v) is 4.06.